The Bertz CT molecular complexity index is 397. The van der Waals surface area contributed by atoms with Gasteiger partial charge in [-0.3, -0.25) is 9.80 Å². The molecule has 0 aliphatic carbocycles. The number of likely N-dealkylation sites (N-methyl/N-ethyl adjacent to an activating group) is 1. The number of hydrogen-bond acceptors (Lipinski definition) is 3. The predicted molar refractivity (Wildman–Crippen MR) is 55.6 cm³/mol. The predicted octanol–water partition coefficient (Wildman–Crippen LogP) is 1.56. The van der Waals surface area contributed by atoms with Crippen molar-refractivity contribution in [3.63, 3.8) is 0 Å². The van der Waals surface area contributed by atoms with Gasteiger partial charge in [0.15, 0.2) is 0 Å². The van der Waals surface area contributed by atoms with Gasteiger partial charge in [0.2, 0.25) is 5.78 Å². The van der Waals surface area contributed by atoms with Crippen LogP contribution in [0, 0.1) is 0 Å². The summed E-state index contributed by atoms with van der Waals surface area (Å²) < 4.78 is 0. The zero-order valence-corrected chi connectivity index (χ0v) is 8.45. The SMILES string of the molecule is CN1CC(=O)C(c2ccc(Cl)cc2)=N1. The maximum absolute atomic E-state index is 11.5. The molecule has 1 heterocycles. The normalized spacial score (nSPS) is 16.0. The van der Waals surface area contributed by atoms with Crippen LogP contribution in [0.3, 0.4) is 0 Å². The Hall–Kier alpha value is -1.35. The van der Waals surface area contributed by atoms with Gasteiger partial charge in [-0.15, -0.1) is 0 Å². The van der Waals surface area contributed by atoms with Gasteiger partial charge in [0.05, 0.1) is 0 Å². The molecule has 0 N–H and O–H groups in total. The van der Waals surface area contributed by atoms with Gasteiger partial charge in [-0.25, -0.2) is 0 Å². The minimum atomic E-state index is 0.0508. The first-order valence-corrected chi connectivity index (χ1v) is 4.63. The van der Waals surface area contributed by atoms with Crippen molar-refractivity contribution < 1.29 is 4.79 Å². The van der Waals surface area contributed by atoms with Crippen molar-refractivity contribution in [2.24, 2.45) is 5.10 Å². The minimum absolute atomic E-state index is 0.0508. The van der Waals surface area contributed by atoms with Crippen LogP contribution >= 0.6 is 11.6 Å². The second-order valence-electron chi connectivity index (χ2n) is 3.19. The zero-order valence-electron chi connectivity index (χ0n) is 7.70. The first kappa shape index (κ1) is 9.21. The molecule has 0 saturated carbocycles. The first-order valence-electron chi connectivity index (χ1n) is 4.26. The third-order valence-electron chi connectivity index (χ3n) is 2.02. The lowest BCUT2D eigenvalue weighted by Crippen LogP contribution is -2.16. The average Bonchev–Trinajstić information content (AvgIpc) is 2.47. The number of ketones is 1. The van der Waals surface area contributed by atoms with Gasteiger partial charge in [-0.2, -0.15) is 5.10 Å². The highest BCUT2D eigenvalue weighted by Crippen LogP contribution is 2.13. The molecule has 4 heteroatoms. The van der Waals surface area contributed by atoms with Crippen molar-refractivity contribution in [2.45, 2.75) is 0 Å². The Morgan fingerprint density at radius 1 is 1.36 bits per heavy atom. The lowest BCUT2D eigenvalue weighted by atomic mass is 10.1. The molecule has 14 heavy (non-hydrogen) atoms. The van der Waals surface area contributed by atoms with Crippen molar-refractivity contribution in [3.05, 3.63) is 34.9 Å². The fraction of sp³-hybridized carbons (Fsp3) is 0.200. The molecule has 1 aliphatic rings. The van der Waals surface area contributed by atoms with Crippen LogP contribution in [0.25, 0.3) is 0 Å². The van der Waals surface area contributed by atoms with Crippen LogP contribution in [0.2, 0.25) is 5.02 Å². The van der Waals surface area contributed by atoms with E-state index in [0.29, 0.717) is 17.3 Å². The molecule has 0 saturated heterocycles. The van der Waals surface area contributed by atoms with Gasteiger partial charge < -0.3 is 0 Å². The topological polar surface area (TPSA) is 32.7 Å². The molecule has 0 radical (unpaired) electrons. The quantitative estimate of drug-likeness (QED) is 0.702. The number of carbonyl (C=O) groups excluding carboxylic acids is 1. The van der Waals surface area contributed by atoms with E-state index in [0.717, 1.165) is 5.56 Å². The average molecular weight is 209 g/mol. The second-order valence-corrected chi connectivity index (χ2v) is 3.63. The molecule has 1 aliphatic heterocycles. The summed E-state index contributed by atoms with van der Waals surface area (Å²) in [4.78, 5) is 11.5. The molecule has 0 bridgehead atoms. The number of hydrogen-bond donors (Lipinski definition) is 0. The van der Waals surface area contributed by atoms with Gasteiger partial charge >= 0.3 is 0 Å². The number of carbonyl (C=O) groups is 1. The number of rotatable bonds is 1. The van der Waals surface area contributed by atoms with E-state index in [1.807, 2.05) is 0 Å². The lowest BCUT2D eigenvalue weighted by Gasteiger charge is -1.99. The third kappa shape index (κ3) is 1.63. The van der Waals surface area contributed by atoms with Crippen LogP contribution in [0.15, 0.2) is 29.4 Å². The van der Waals surface area contributed by atoms with E-state index >= 15 is 0 Å². The monoisotopic (exact) mass is 208 g/mol. The van der Waals surface area contributed by atoms with Crippen molar-refractivity contribution in [2.75, 3.05) is 13.6 Å². The van der Waals surface area contributed by atoms with Gasteiger partial charge in [0.1, 0.15) is 12.3 Å². The van der Waals surface area contributed by atoms with Crippen LogP contribution in [0.1, 0.15) is 5.56 Å². The van der Waals surface area contributed by atoms with Crippen molar-refractivity contribution in [1.82, 2.24) is 5.01 Å². The highest BCUT2D eigenvalue weighted by molar-refractivity contribution is 6.47. The van der Waals surface area contributed by atoms with Gasteiger partial charge in [0.25, 0.3) is 0 Å². The number of nitrogens with zero attached hydrogens (tertiary/aromatic N) is 2. The Morgan fingerprint density at radius 2 is 2.00 bits per heavy atom. The summed E-state index contributed by atoms with van der Waals surface area (Å²) in [6.07, 6.45) is 0. The molecule has 1 aromatic carbocycles. The molecule has 0 spiro atoms. The highest BCUT2D eigenvalue weighted by atomic mass is 35.5. The van der Waals surface area contributed by atoms with E-state index in [1.54, 1.807) is 36.3 Å². The minimum Gasteiger partial charge on any atom is -0.292 e. The van der Waals surface area contributed by atoms with E-state index in [-0.39, 0.29) is 5.78 Å². The van der Waals surface area contributed by atoms with E-state index in [1.165, 1.54) is 0 Å². The molecule has 1 aromatic rings. The molecule has 0 aromatic heterocycles. The Morgan fingerprint density at radius 3 is 2.50 bits per heavy atom. The van der Waals surface area contributed by atoms with Crippen molar-refractivity contribution >= 4 is 23.1 Å². The molecule has 72 valence electrons. The van der Waals surface area contributed by atoms with E-state index < -0.39 is 0 Å². The van der Waals surface area contributed by atoms with Gasteiger partial charge in [0, 0.05) is 17.6 Å². The van der Waals surface area contributed by atoms with E-state index in [4.69, 9.17) is 11.6 Å². The van der Waals surface area contributed by atoms with Crippen LogP contribution in [-0.4, -0.2) is 30.1 Å². The van der Waals surface area contributed by atoms with Crippen molar-refractivity contribution in [3.8, 4) is 0 Å². The number of Topliss-reactive ketones (excluding diaryl/α,β-unsaturated/α-hetero) is 1. The summed E-state index contributed by atoms with van der Waals surface area (Å²) in [6, 6.07) is 7.12. The number of halogens is 1. The fourth-order valence-electron chi connectivity index (χ4n) is 1.37. The van der Waals surface area contributed by atoms with Crippen LogP contribution in [0.5, 0.6) is 0 Å². The molecule has 0 fully saturated rings. The summed E-state index contributed by atoms with van der Waals surface area (Å²) in [5.74, 6) is 0.0508. The van der Waals surface area contributed by atoms with E-state index in [9.17, 15) is 4.79 Å². The number of hydrazone groups is 1. The Kier molecular flexibility index (Phi) is 2.25. The molecule has 0 atom stereocenters. The first-order chi connectivity index (χ1) is 6.66. The van der Waals surface area contributed by atoms with E-state index in [2.05, 4.69) is 5.10 Å². The zero-order chi connectivity index (χ0) is 10.1. The molecular weight excluding hydrogens is 200 g/mol. The molecule has 0 amide bonds. The summed E-state index contributed by atoms with van der Waals surface area (Å²) in [5, 5.41) is 6.42. The highest BCUT2D eigenvalue weighted by Gasteiger charge is 2.22. The maximum atomic E-state index is 11.5. The maximum Gasteiger partial charge on any atom is 0.204 e. The summed E-state index contributed by atoms with van der Waals surface area (Å²) in [7, 11) is 1.78. The fourth-order valence-corrected chi connectivity index (χ4v) is 1.50. The van der Waals surface area contributed by atoms with Gasteiger partial charge in [-0.05, 0) is 12.1 Å². The molecule has 3 nitrogen and oxygen atoms in total. The summed E-state index contributed by atoms with van der Waals surface area (Å²) in [6.45, 7) is 0.359. The standard InChI is InChI=1S/C10H9ClN2O/c1-13-6-9(14)10(12-13)7-2-4-8(11)5-3-7/h2-5H,6H2,1H3. The molecule has 2 rings (SSSR count). The summed E-state index contributed by atoms with van der Waals surface area (Å²) in [5.41, 5.74) is 1.34. The summed E-state index contributed by atoms with van der Waals surface area (Å²) >= 11 is 5.75. The second kappa shape index (κ2) is 3.42. The van der Waals surface area contributed by atoms with Crippen LogP contribution in [0.4, 0.5) is 0 Å². The van der Waals surface area contributed by atoms with Gasteiger partial charge in [-0.1, -0.05) is 23.7 Å². The lowest BCUT2D eigenvalue weighted by molar-refractivity contribution is -0.112. The third-order valence-corrected chi connectivity index (χ3v) is 2.28. The smallest absolute Gasteiger partial charge is 0.204 e. The number of benzene rings is 1. The Labute approximate surface area is 87.0 Å². The largest absolute Gasteiger partial charge is 0.292 e. The molecule has 0 unspecified atom stereocenters. The van der Waals surface area contributed by atoms with Crippen molar-refractivity contribution in [1.29, 1.82) is 0 Å². The van der Waals surface area contributed by atoms with Crippen LogP contribution < -0.4 is 0 Å². The van der Waals surface area contributed by atoms with Crippen LogP contribution in [-0.2, 0) is 4.79 Å². The Balaban J connectivity index is 2.36. The molecular formula is C10H9ClN2O.